The van der Waals surface area contributed by atoms with E-state index in [1.54, 1.807) is 0 Å². The van der Waals surface area contributed by atoms with Gasteiger partial charge in [0.2, 0.25) is 0 Å². The van der Waals surface area contributed by atoms with Crippen molar-refractivity contribution in [3.8, 4) is 33.4 Å². The van der Waals surface area contributed by atoms with Gasteiger partial charge in [-0.15, -0.1) is 0 Å². The number of alkyl halides is 3. The number of rotatable bonds is 3. The maximum absolute atomic E-state index is 10.7. The Morgan fingerprint density at radius 1 is 0.545 bits per heavy atom. The van der Waals surface area contributed by atoms with Crippen LogP contribution in [0.2, 0.25) is 0 Å². The summed E-state index contributed by atoms with van der Waals surface area (Å²) < 4.78 is 58.9. The Morgan fingerprint density at radius 3 is 1.15 bits per heavy atom. The predicted octanol–water partition coefficient (Wildman–Crippen LogP) is 5.93. The maximum atomic E-state index is 10.7. The van der Waals surface area contributed by atoms with Crippen LogP contribution in [0.4, 0.5) is 13.2 Å². The van der Waals surface area contributed by atoms with E-state index in [9.17, 15) is 13.2 Å². The minimum Gasteiger partial charge on any atom is -0.741 e. The summed E-state index contributed by atoms with van der Waals surface area (Å²) in [5.74, 6) is 0. The van der Waals surface area contributed by atoms with E-state index in [1.807, 2.05) is 0 Å². The molecular formula is C25H21F3O3S2. The van der Waals surface area contributed by atoms with Crippen molar-refractivity contribution in [1.82, 2.24) is 0 Å². The highest BCUT2D eigenvalue weighted by Crippen LogP contribution is 2.39. The fraction of sp³-hybridized carbons (Fsp3) is 0.0400. The number of hydrogen-bond acceptors (Lipinski definition) is 3. The van der Waals surface area contributed by atoms with Crippen molar-refractivity contribution >= 4 is 23.6 Å². The second kappa shape index (κ2) is 11.2. The highest BCUT2D eigenvalue weighted by atomic mass is 32.2. The summed E-state index contributed by atoms with van der Waals surface area (Å²) >= 11 is 0. The van der Waals surface area contributed by atoms with Crippen LogP contribution in [0, 0.1) is 0 Å². The van der Waals surface area contributed by atoms with E-state index in [-0.39, 0.29) is 13.5 Å². The van der Waals surface area contributed by atoms with Gasteiger partial charge >= 0.3 is 5.51 Å². The summed E-state index contributed by atoms with van der Waals surface area (Å²) in [6, 6.07) is 38.4. The Balaban J connectivity index is 0.000000372. The van der Waals surface area contributed by atoms with Crippen LogP contribution in [-0.2, 0) is 23.6 Å². The van der Waals surface area contributed by atoms with E-state index in [1.165, 1.54) is 33.4 Å². The number of hydrogen-bond donors (Lipinski definition) is 0. The molecule has 0 aliphatic rings. The van der Waals surface area contributed by atoms with Gasteiger partial charge in [0, 0.05) is 0 Å². The molecule has 3 nitrogen and oxygen atoms in total. The van der Waals surface area contributed by atoms with Gasteiger partial charge < -0.3 is 4.55 Å². The van der Waals surface area contributed by atoms with E-state index in [4.69, 9.17) is 13.0 Å². The van der Waals surface area contributed by atoms with Crippen molar-refractivity contribution in [3.63, 3.8) is 0 Å². The first-order valence-corrected chi connectivity index (χ1v) is 10.9. The average molecular weight is 491 g/mol. The fourth-order valence-corrected chi connectivity index (χ4v) is 3.18. The standard InChI is InChI=1S/C24H18.CHF3O3S.H2S/c1-4-11-19(12-5-1)22-17-10-18-23(20-13-6-2-7-14-20)24(22)21-15-8-3-9-16-21;2-1(3,4)8(5,6)7;/h1-18H;(H,5,6,7);1H2. The Kier molecular flexibility index (Phi) is 8.87. The first-order valence-electron chi connectivity index (χ1n) is 9.50. The third-order valence-corrected chi connectivity index (χ3v) is 5.15. The van der Waals surface area contributed by atoms with Crippen LogP contribution in [0.5, 0.6) is 0 Å². The molecule has 0 spiro atoms. The van der Waals surface area contributed by atoms with Crippen molar-refractivity contribution in [2.75, 3.05) is 0 Å². The minimum atomic E-state index is -6.09. The molecule has 0 N–H and O–H groups in total. The normalized spacial score (nSPS) is 11.0. The van der Waals surface area contributed by atoms with Crippen LogP contribution in [-0.4, -0.2) is 18.5 Å². The summed E-state index contributed by atoms with van der Waals surface area (Å²) in [5.41, 5.74) is 1.91. The highest BCUT2D eigenvalue weighted by Gasteiger charge is 2.36. The van der Waals surface area contributed by atoms with E-state index in [0.29, 0.717) is 0 Å². The molecule has 0 amide bonds. The molecule has 0 heterocycles. The second-order valence-corrected chi connectivity index (χ2v) is 8.10. The number of halogens is 3. The van der Waals surface area contributed by atoms with E-state index in [2.05, 4.69) is 109 Å². The van der Waals surface area contributed by atoms with Crippen LogP contribution >= 0.6 is 0 Å². The summed E-state index contributed by atoms with van der Waals surface area (Å²) in [7, 11) is -6.09. The van der Waals surface area contributed by atoms with Crippen LogP contribution in [0.1, 0.15) is 0 Å². The Morgan fingerprint density at radius 2 is 0.848 bits per heavy atom. The maximum Gasteiger partial charge on any atom is 0.485 e. The summed E-state index contributed by atoms with van der Waals surface area (Å²) in [6.45, 7) is 0. The number of benzene rings is 4. The van der Waals surface area contributed by atoms with Crippen LogP contribution in [0.15, 0.2) is 109 Å². The van der Waals surface area contributed by atoms with Gasteiger partial charge in [-0.2, -0.15) is 13.2 Å². The van der Waals surface area contributed by atoms with Crippen LogP contribution in [0.25, 0.3) is 33.4 Å². The van der Waals surface area contributed by atoms with Gasteiger partial charge in [-0.3, -0.25) is 0 Å². The lowest BCUT2D eigenvalue weighted by Crippen LogP contribution is -2.21. The lowest BCUT2D eigenvalue weighted by atomic mass is 9.88. The zero-order valence-corrected chi connectivity index (χ0v) is 19.2. The summed E-state index contributed by atoms with van der Waals surface area (Å²) in [4.78, 5) is 0. The molecule has 0 saturated carbocycles. The van der Waals surface area contributed by atoms with Gasteiger partial charge in [0.15, 0.2) is 10.1 Å². The van der Waals surface area contributed by atoms with Crippen molar-refractivity contribution in [1.29, 1.82) is 0 Å². The van der Waals surface area contributed by atoms with Crippen molar-refractivity contribution < 1.29 is 26.1 Å². The van der Waals surface area contributed by atoms with Crippen molar-refractivity contribution in [2.24, 2.45) is 0 Å². The van der Waals surface area contributed by atoms with Gasteiger partial charge in [-0.1, -0.05) is 123 Å². The summed E-state index contributed by atoms with van der Waals surface area (Å²) in [6.07, 6.45) is 0. The molecule has 8 heteroatoms. The van der Waals surface area contributed by atoms with Gasteiger partial charge in [-0.05, 0) is 33.4 Å². The Labute approximate surface area is 197 Å². The molecule has 0 bridgehead atoms. The Hall–Kier alpha value is -3.07. The first-order chi connectivity index (χ1) is 15.2. The molecule has 0 unspecified atom stereocenters. The monoisotopic (exact) mass is 490 g/mol. The smallest absolute Gasteiger partial charge is 0.485 e. The molecule has 4 rings (SSSR count). The highest BCUT2D eigenvalue weighted by molar-refractivity contribution is 7.86. The molecule has 4 aromatic carbocycles. The SMILES string of the molecule is O=S(=O)([O-])C(F)(F)F.[SH3+].c1ccc(-c2cccc(-c3ccccc3)c2-c2ccccc2)cc1. The zero-order chi connectivity index (χ0) is 23.2. The molecule has 0 saturated heterocycles. The molecule has 4 aromatic rings. The zero-order valence-electron chi connectivity index (χ0n) is 17.2. The topological polar surface area (TPSA) is 57.2 Å². The first kappa shape index (κ1) is 26.2. The largest absolute Gasteiger partial charge is 0.741 e. The molecule has 0 aliphatic heterocycles. The van der Waals surface area contributed by atoms with Gasteiger partial charge in [0.25, 0.3) is 0 Å². The molecule has 0 aliphatic carbocycles. The fourth-order valence-electron chi connectivity index (χ4n) is 3.18. The second-order valence-electron chi connectivity index (χ2n) is 6.73. The Bertz CT molecular complexity index is 1200. The predicted molar refractivity (Wildman–Crippen MR) is 130 cm³/mol. The average Bonchev–Trinajstić information content (AvgIpc) is 2.79. The van der Waals surface area contributed by atoms with Gasteiger partial charge in [0.05, 0.1) is 0 Å². The van der Waals surface area contributed by atoms with E-state index >= 15 is 0 Å². The molecule has 0 radical (unpaired) electrons. The molecule has 172 valence electrons. The lowest BCUT2D eigenvalue weighted by molar-refractivity contribution is -0.0517. The summed E-state index contributed by atoms with van der Waals surface area (Å²) in [5, 5.41) is 0. The molecular weight excluding hydrogens is 469 g/mol. The van der Waals surface area contributed by atoms with E-state index in [0.717, 1.165) is 0 Å². The third kappa shape index (κ3) is 6.71. The minimum absolute atomic E-state index is 0. The van der Waals surface area contributed by atoms with Crippen molar-refractivity contribution in [2.45, 2.75) is 5.51 Å². The van der Waals surface area contributed by atoms with Gasteiger partial charge in [-0.25, -0.2) is 8.42 Å². The van der Waals surface area contributed by atoms with Crippen LogP contribution in [0.3, 0.4) is 0 Å². The molecule has 33 heavy (non-hydrogen) atoms. The third-order valence-electron chi connectivity index (χ3n) is 4.58. The lowest BCUT2D eigenvalue weighted by Gasteiger charge is -2.16. The van der Waals surface area contributed by atoms with Crippen molar-refractivity contribution in [3.05, 3.63) is 109 Å². The van der Waals surface area contributed by atoms with Gasteiger partial charge in [0.1, 0.15) is 0 Å². The molecule has 0 aromatic heterocycles. The molecule has 0 fully saturated rings. The van der Waals surface area contributed by atoms with E-state index < -0.39 is 15.6 Å². The molecule has 0 atom stereocenters. The van der Waals surface area contributed by atoms with Crippen LogP contribution < -0.4 is 0 Å². The quantitative estimate of drug-likeness (QED) is 0.203.